The van der Waals surface area contributed by atoms with E-state index < -0.39 is 0 Å². The number of hydrogen-bond donors (Lipinski definition) is 1. The molecule has 0 radical (unpaired) electrons. The summed E-state index contributed by atoms with van der Waals surface area (Å²) < 4.78 is 0. The summed E-state index contributed by atoms with van der Waals surface area (Å²) >= 11 is 5.24. The summed E-state index contributed by atoms with van der Waals surface area (Å²) in [5.41, 5.74) is 9.01. The van der Waals surface area contributed by atoms with Crippen molar-refractivity contribution >= 4 is 33.8 Å². The number of aromatic nitrogens is 1. The Morgan fingerprint density at radius 1 is 1.33 bits per heavy atom. The molecule has 2 N–H and O–H groups in total. The Morgan fingerprint density at radius 2 is 2.05 bits per heavy atom. The number of rotatable bonds is 3. The monoisotopic (exact) mass is 299 g/mol. The van der Waals surface area contributed by atoms with E-state index in [2.05, 4.69) is 28.9 Å². The fourth-order valence-electron chi connectivity index (χ4n) is 3.21. The van der Waals surface area contributed by atoms with E-state index in [-0.39, 0.29) is 0 Å². The number of nitrogens with two attached hydrogens (primary N) is 1. The summed E-state index contributed by atoms with van der Waals surface area (Å²) in [6.07, 6.45) is 5.58. The molecule has 1 aliphatic rings. The van der Waals surface area contributed by atoms with E-state index in [1.807, 2.05) is 18.3 Å². The molecule has 0 unspecified atom stereocenters. The highest BCUT2D eigenvalue weighted by molar-refractivity contribution is 7.80. The number of piperidine rings is 1. The summed E-state index contributed by atoms with van der Waals surface area (Å²) in [7, 11) is 0. The second-order valence-corrected chi connectivity index (χ2v) is 6.18. The Balaban J connectivity index is 2.07. The van der Waals surface area contributed by atoms with E-state index in [4.69, 9.17) is 18.0 Å². The minimum Gasteiger partial charge on any atom is -0.389 e. The minimum absolute atomic E-state index is 0.431. The number of para-hydroxylation sites is 1. The van der Waals surface area contributed by atoms with Crippen molar-refractivity contribution in [3.63, 3.8) is 0 Å². The fraction of sp³-hybridized carbons (Fsp3) is 0.412. The summed E-state index contributed by atoms with van der Waals surface area (Å²) in [6, 6.07) is 8.23. The Bertz CT molecular complexity index is 660. The second-order valence-electron chi connectivity index (χ2n) is 5.74. The lowest BCUT2D eigenvalue weighted by Crippen LogP contribution is -2.35. The van der Waals surface area contributed by atoms with E-state index >= 15 is 0 Å². The van der Waals surface area contributed by atoms with Crippen LogP contribution in [-0.4, -0.2) is 23.1 Å². The SMILES string of the molecule is CCC1CCN(c2c(C(N)=S)cnc3ccccc23)CC1. The van der Waals surface area contributed by atoms with Crippen LogP contribution in [0.15, 0.2) is 30.5 Å². The van der Waals surface area contributed by atoms with Crippen LogP contribution in [0.5, 0.6) is 0 Å². The first-order valence-electron chi connectivity index (χ1n) is 7.63. The quantitative estimate of drug-likeness (QED) is 0.881. The molecule has 4 heteroatoms. The Labute approximate surface area is 131 Å². The highest BCUT2D eigenvalue weighted by Gasteiger charge is 2.22. The van der Waals surface area contributed by atoms with Gasteiger partial charge in [0.05, 0.1) is 16.8 Å². The van der Waals surface area contributed by atoms with Crippen molar-refractivity contribution in [1.29, 1.82) is 0 Å². The second kappa shape index (κ2) is 5.98. The van der Waals surface area contributed by atoms with Crippen LogP contribution in [0.2, 0.25) is 0 Å². The summed E-state index contributed by atoms with van der Waals surface area (Å²) in [5.74, 6) is 0.850. The molecule has 1 aliphatic heterocycles. The Hall–Kier alpha value is -1.68. The molecule has 0 bridgehead atoms. The predicted molar refractivity (Wildman–Crippen MR) is 92.9 cm³/mol. The number of fused-ring (bicyclic) bond motifs is 1. The molecule has 1 fully saturated rings. The zero-order valence-electron chi connectivity index (χ0n) is 12.4. The van der Waals surface area contributed by atoms with Crippen molar-refractivity contribution in [1.82, 2.24) is 4.98 Å². The Kier molecular flexibility index (Phi) is 4.06. The lowest BCUT2D eigenvalue weighted by Gasteiger charge is -2.35. The molecule has 3 rings (SSSR count). The third-order valence-corrected chi connectivity index (χ3v) is 4.74. The van der Waals surface area contributed by atoms with Gasteiger partial charge in [0.2, 0.25) is 0 Å². The van der Waals surface area contributed by atoms with E-state index in [9.17, 15) is 0 Å². The van der Waals surface area contributed by atoms with Crippen LogP contribution in [0.4, 0.5) is 5.69 Å². The number of pyridine rings is 1. The molecule has 0 amide bonds. The van der Waals surface area contributed by atoms with Crippen molar-refractivity contribution in [2.75, 3.05) is 18.0 Å². The molecular formula is C17H21N3S. The van der Waals surface area contributed by atoms with Crippen molar-refractivity contribution < 1.29 is 0 Å². The highest BCUT2D eigenvalue weighted by atomic mass is 32.1. The maximum Gasteiger partial charge on any atom is 0.107 e. The van der Waals surface area contributed by atoms with Gasteiger partial charge in [-0.15, -0.1) is 0 Å². The zero-order chi connectivity index (χ0) is 14.8. The zero-order valence-corrected chi connectivity index (χ0v) is 13.2. The van der Waals surface area contributed by atoms with Gasteiger partial charge in [0.15, 0.2) is 0 Å². The maximum atomic E-state index is 5.93. The molecule has 0 atom stereocenters. The van der Waals surface area contributed by atoms with Crippen molar-refractivity contribution in [3.05, 3.63) is 36.0 Å². The molecule has 1 aromatic heterocycles. The van der Waals surface area contributed by atoms with E-state index in [0.29, 0.717) is 4.99 Å². The fourth-order valence-corrected chi connectivity index (χ4v) is 3.36. The molecule has 0 spiro atoms. The van der Waals surface area contributed by atoms with Gasteiger partial charge in [0.1, 0.15) is 4.99 Å². The van der Waals surface area contributed by atoms with Gasteiger partial charge in [0, 0.05) is 24.7 Å². The number of anilines is 1. The average molecular weight is 299 g/mol. The molecule has 110 valence electrons. The van der Waals surface area contributed by atoms with Crippen LogP contribution in [0, 0.1) is 5.92 Å². The number of benzene rings is 1. The van der Waals surface area contributed by atoms with Crippen LogP contribution < -0.4 is 10.6 Å². The van der Waals surface area contributed by atoms with E-state index in [1.165, 1.54) is 24.9 Å². The van der Waals surface area contributed by atoms with E-state index in [0.717, 1.165) is 35.5 Å². The van der Waals surface area contributed by atoms with E-state index in [1.54, 1.807) is 0 Å². The van der Waals surface area contributed by atoms with Crippen molar-refractivity contribution in [3.8, 4) is 0 Å². The number of thiocarbonyl (C=S) groups is 1. The van der Waals surface area contributed by atoms with Crippen LogP contribution in [0.3, 0.4) is 0 Å². The minimum atomic E-state index is 0.431. The van der Waals surface area contributed by atoms with Gasteiger partial charge in [-0.3, -0.25) is 4.98 Å². The predicted octanol–water partition coefficient (Wildman–Crippen LogP) is 3.50. The van der Waals surface area contributed by atoms with Crippen molar-refractivity contribution in [2.45, 2.75) is 26.2 Å². The summed E-state index contributed by atoms with van der Waals surface area (Å²) in [5, 5.41) is 1.15. The van der Waals surface area contributed by atoms with Gasteiger partial charge in [-0.2, -0.15) is 0 Å². The van der Waals surface area contributed by atoms with Gasteiger partial charge < -0.3 is 10.6 Å². The normalized spacial score (nSPS) is 16.3. The molecule has 2 aromatic rings. The van der Waals surface area contributed by atoms with Gasteiger partial charge in [-0.25, -0.2) is 0 Å². The first kappa shape index (κ1) is 14.3. The third kappa shape index (κ3) is 2.72. The lowest BCUT2D eigenvalue weighted by atomic mass is 9.93. The third-order valence-electron chi connectivity index (χ3n) is 4.52. The molecular weight excluding hydrogens is 278 g/mol. The molecule has 1 saturated heterocycles. The maximum absolute atomic E-state index is 5.93. The summed E-state index contributed by atoms with van der Waals surface area (Å²) in [6.45, 7) is 4.42. The van der Waals surface area contributed by atoms with Gasteiger partial charge in [-0.1, -0.05) is 43.8 Å². The van der Waals surface area contributed by atoms with Crippen LogP contribution >= 0.6 is 12.2 Å². The standard InChI is InChI=1S/C17H21N3S/c1-2-12-7-9-20(10-8-12)16-13-5-3-4-6-15(13)19-11-14(16)17(18)21/h3-6,11-12H,2,7-10H2,1H3,(H2,18,21). The molecule has 0 aliphatic carbocycles. The highest BCUT2D eigenvalue weighted by Crippen LogP contribution is 2.33. The molecule has 21 heavy (non-hydrogen) atoms. The summed E-state index contributed by atoms with van der Waals surface area (Å²) in [4.78, 5) is 7.36. The molecule has 1 aromatic carbocycles. The van der Waals surface area contributed by atoms with Gasteiger partial charge in [-0.05, 0) is 24.8 Å². The topological polar surface area (TPSA) is 42.1 Å². The van der Waals surface area contributed by atoms with Crippen LogP contribution in [0.25, 0.3) is 10.9 Å². The Morgan fingerprint density at radius 3 is 2.71 bits per heavy atom. The largest absolute Gasteiger partial charge is 0.389 e. The number of nitrogens with zero attached hydrogens (tertiary/aromatic N) is 2. The van der Waals surface area contributed by atoms with Gasteiger partial charge in [0.25, 0.3) is 0 Å². The lowest BCUT2D eigenvalue weighted by molar-refractivity contribution is 0.395. The molecule has 3 nitrogen and oxygen atoms in total. The smallest absolute Gasteiger partial charge is 0.107 e. The van der Waals surface area contributed by atoms with Crippen molar-refractivity contribution in [2.24, 2.45) is 11.7 Å². The molecule has 2 heterocycles. The average Bonchev–Trinajstić information content (AvgIpc) is 2.53. The first-order chi connectivity index (χ1) is 10.2. The number of hydrogen-bond acceptors (Lipinski definition) is 3. The van der Waals surface area contributed by atoms with Crippen LogP contribution in [-0.2, 0) is 0 Å². The van der Waals surface area contributed by atoms with Crippen LogP contribution in [0.1, 0.15) is 31.7 Å². The van der Waals surface area contributed by atoms with Gasteiger partial charge >= 0.3 is 0 Å². The first-order valence-corrected chi connectivity index (χ1v) is 8.04. The molecule has 0 saturated carbocycles.